The van der Waals surface area contributed by atoms with Gasteiger partial charge in [0.25, 0.3) is 7.82 Å². The van der Waals surface area contributed by atoms with Crippen LogP contribution < -0.4 is 4.89 Å². The number of quaternary nitrogens is 1. The fourth-order valence-electron chi connectivity index (χ4n) is 8.50. The van der Waals surface area contributed by atoms with Crippen LogP contribution >= 0.6 is 7.82 Å². The number of allylic oxidation sites excluding steroid dienone is 12. The Morgan fingerprint density at radius 1 is 0.432 bits per heavy atom. The molecule has 0 aliphatic rings. The Morgan fingerprint density at radius 3 is 1.16 bits per heavy atom. The zero-order chi connectivity index (χ0) is 54.2. The molecule has 0 heterocycles. The molecule has 10 heteroatoms. The average molecular weight is 1060 g/mol. The van der Waals surface area contributed by atoms with Crippen LogP contribution in [-0.4, -0.2) is 70.0 Å². The molecule has 74 heavy (non-hydrogen) atoms. The van der Waals surface area contributed by atoms with Crippen molar-refractivity contribution in [1.29, 1.82) is 0 Å². The number of hydrogen-bond acceptors (Lipinski definition) is 8. The fourth-order valence-corrected chi connectivity index (χ4v) is 9.23. The highest BCUT2D eigenvalue weighted by Crippen LogP contribution is 2.38. The third-order valence-corrected chi connectivity index (χ3v) is 14.2. The van der Waals surface area contributed by atoms with Crippen LogP contribution in [0.5, 0.6) is 0 Å². The lowest BCUT2D eigenvalue weighted by atomic mass is 10.0. The van der Waals surface area contributed by atoms with Gasteiger partial charge in [-0.15, -0.1) is 0 Å². The minimum atomic E-state index is -4.65. The van der Waals surface area contributed by atoms with E-state index in [0.29, 0.717) is 17.4 Å². The standard InChI is InChI=1S/C64H116NO8P/c1-6-8-10-12-14-16-18-20-22-24-26-28-29-30-31-32-33-34-35-37-38-40-42-44-46-48-50-52-54-56-63(66)70-60-62(61-72-74(68,69)71-59-58-65(3,4)5)73-64(67)57-55-53-51-49-47-45-43-41-39-36-27-25-23-21-19-17-15-13-11-9-7-2/h9,11,15,17,21,23-24,26-27,36,41,43,62H,6-8,10,12-14,16,18-20,22,25,28-35,37-40,42,44-61H2,1-5H3/b11-9-,17-15-,23-21-,26-24-,36-27-,43-41-. The summed E-state index contributed by atoms with van der Waals surface area (Å²) in [6, 6.07) is 0. The number of carbonyl (C=O) groups is 2. The Balaban J connectivity index is 4.12. The normalized spacial score (nSPS) is 13.8. The van der Waals surface area contributed by atoms with Crippen molar-refractivity contribution in [2.24, 2.45) is 0 Å². The summed E-state index contributed by atoms with van der Waals surface area (Å²) in [6.45, 7) is 4.12. The number of ether oxygens (including phenoxy) is 2. The molecular weight excluding hydrogens is 942 g/mol. The molecule has 0 bridgehead atoms. The van der Waals surface area contributed by atoms with Gasteiger partial charge in [-0.2, -0.15) is 0 Å². The number of nitrogens with zero attached hydrogens (tertiary/aromatic N) is 1. The van der Waals surface area contributed by atoms with Gasteiger partial charge in [-0.3, -0.25) is 14.2 Å². The molecule has 9 nitrogen and oxygen atoms in total. The molecule has 0 fully saturated rings. The van der Waals surface area contributed by atoms with Crippen LogP contribution in [0.2, 0.25) is 0 Å². The Hall–Kier alpha value is -2.55. The number of phosphoric ester groups is 1. The number of esters is 2. The van der Waals surface area contributed by atoms with Crippen molar-refractivity contribution < 1.29 is 42.1 Å². The van der Waals surface area contributed by atoms with E-state index in [1.165, 1.54) is 154 Å². The van der Waals surface area contributed by atoms with E-state index >= 15 is 0 Å². The van der Waals surface area contributed by atoms with E-state index in [2.05, 4.69) is 86.8 Å². The van der Waals surface area contributed by atoms with Gasteiger partial charge >= 0.3 is 11.9 Å². The van der Waals surface area contributed by atoms with Gasteiger partial charge < -0.3 is 27.9 Å². The molecule has 0 aromatic rings. The molecule has 0 aromatic carbocycles. The summed E-state index contributed by atoms with van der Waals surface area (Å²) in [5.74, 6) is -0.850. The van der Waals surface area contributed by atoms with Crippen molar-refractivity contribution in [3.8, 4) is 0 Å². The number of likely N-dealkylation sites (N-methyl/N-ethyl adjacent to an activating group) is 1. The van der Waals surface area contributed by atoms with Crippen LogP contribution in [0.1, 0.15) is 271 Å². The van der Waals surface area contributed by atoms with Gasteiger partial charge in [-0.05, 0) is 83.5 Å². The number of phosphoric acid groups is 1. The fraction of sp³-hybridized carbons (Fsp3) is 0.781. The lowest BCUT2D eigenvalue weighted by Gasteiger charge is -2.28. The highest BCUT2D eigenvalue weighted by Gasteiger charge is 2.22. The Kier molecular flexibility index (Phi) is 53.3. The highest BCUT2D eigenvalue weighted by atomic mass is 31.2. The third kappa shape index (κ3) is 58.7. The zero-order valence-electron chi connectivity index (χ0n) is 48.8. The Morgan fingerprint density at radius 2 is 0.770 bits per heavy atom. The van der Waals surface area contributed by atoms with Crippen LogP contribution in [0.15, 0.2) is 72.9 Å². The number of unbranched alkanes of at least 4 members (excludes halogenated alkanes) is 30. The molecule has 2 atom stereocenters. The van der Waals surface area contributed by atoms with Gasteiger partial charge in [0.15, 0.2) is 6.10 Å². The molecule has 2 unspecified atom stereocenters. The van der Waals surface area contributed by atoms with Crippen molar-refractivity contribution in [2.75, 3.05) is 47.5 Å². The summed E-state index contributed by atoms with van der Waals surface area (Å²) in [5.41, 5.74) is 0. The Bertz CT molecular complexity index is 1480. The van der Waals surface area contributed by atoms with Crippen molar-refractivity contribution in [2.45, 2.75) is 277 Å². The van der Waals surface area contributed by atoms with Gasteiger partial charge in [0.05, 0.1) is 27.7 Å². The molecule has 0 aliphatic heterocycles. The molecule has 0 aliphatic carbocycles. The maximum atomic E-state index is 12.8. The maximum Gasteiger partial charge on any atom is 0.306 e. The van der Waals surface area contributed by atoms with Gasteiger partial charge in [0, 0.05) is 12.8 Å². The van der Waals surface area contributed by atoms with Gasteiger partial charge in [0.1, 0.15) is 19.8 Å². The van der Waals surface area contributed by atoms with E-state index in [9.17, 15) is 19.0 Å². The summed E-state index contributed by atoms with van der Waals surface area (Å²) in [5, 5.41) is 0. The van der Waals surface area contributed by atoms with Gasteiger partial charge in [-0.1, -0.05) is 247 Å². The SMILES string of the molecule is CC/C=C\C/C=C\C/C=C\C/C=C\C/C=C\CCCCCCCC(=O)OC(COC(=O)CCCCCCCCCCCCCCCCCCC/C=C\CCCCCCCCCC)COP(=O)([O-])OCC[N+](C)(C)C. The summed E-state index contributed by atoms with van der Waals surface area (Å²) in [4.78, 5) is 37.9. The first-order chi connectivity index (χ1) is 36.0. The van der Waals surface area contributed by atoms with E-state index in [1.807, 2.05) is 21.1 Å². The van der Waals surface area contributed by atoms with Crippen molar-refractivity contribution in [3.63, 3.8) is 0 Å². The van der Waals surface area contributed by atoms with Crippen LogP contribution in [-0.2, 0) is 32.7 Å². The largest absolute Gasteiger partial charge is 0.756 e. The van der Waals surface area contributed by atoms with Crippen LogP contribution in [0.3, 0.4) is 0 Å². The van der Waals surface area contributed by atoms with Gasteiger partial charge in [-0.25, -0.2) is 0 Å². The number of carbonyl (C=O) groups excluding carboxylic acids is 2. The van der Waals surface area contributed by atoms with Crippen LogP contribution in [0.25, 0.3) is 0 Å². The van der Waals surface area contributed by atoms with E-state index in [4.69, 9.17) is 18.5 Å². The summed E-state index contributed by atoms with van der Waals surface area (Å²) in [6.07, 6.45) is 72.5. The predicted molar refractivity (Wildman–Crippen MR) is 314 cm³/mol. The minimum absolute atomic E-state index is 0.0371. The smallest absolute Gasteiger partial charge is 0.306 e. The highest BCUT2D eigenvalue weighted by molar-refractivity contribution is 7.45. The van der Waals surface area contributed by atoms with Crippen molar-refractivity contribution >= 4 is 19.8 Å². The van der Waals surface area contributed by atoms with E-state index in [1.54, 1.807) is 0 Å². The minimum Gasteiger partial charge on any atom is -0.756 e. The average Bonchev–Trinajstić information content (AvgIpc) is 3.36. The topological polar surface area (TPSA) is 111 Å². The second kappa shape index (κ2) is 55.2. The molecular formula is C64H116NO8P. The molecule has 0 spiro atoms. The molecule has 0 N–H and O–H groups in total. The monoisotopic (exact) mass is 1060 g/mol. The van der Waals surface area contributed by atoms with Crippen LogP contribution in [0, 0.1) is 0 Å². The van der Waals surface area contributed by atoms with Crippen LogP contribution in [0.4, 0.5) is 0 Å². The van der Waals surface area contributed by atoms with E-state index in [-0.39, 0.29) is 32.0 Å². The molecule has 0 amide bonds. The molecule has 0 rings (SSSR count). The molecule has 430 valence electrons. The summed E-state index contributed by atoms with van der Waals surface area (Å²) in [7, 11) is 1.15. The Labute approximate surface area is 457 Å². The summed E-state index contributed by atoms with van der Waals surface area (Å²) >= 11 is 0. The van der Waals surface area contributed by atoms with E-state index in [0.717, 1.165) is 83.5 Å². The third-order valence-electron chi connectivity index (χ3n) is 13.2. The summed E-state index contributed by atoms with van der Waals surface area (Å²) < 4.78 is 34.2. The van der Waals surface area contributed by atoms with Crippen molar-refractivity contribution in [1.82, 2.24) is 0 Å². The lowest BCUT2D eigenvalue weighted by Crippen LogP contribution is -2.37. The quantitative estimate of drug-likeness (QED) is 0.0195. The molecule has 0 aromatic heterocycles. The molecule has 0 saturated heterocycles. The second-order valence-electron chi connectivity index (χ2n) is 21.7. The number of hydrogen-bond donors (Lipinski definition) is 0. The first kappa shape index (κ1) is 71.5. The van der Waals surface area contributed by atoms with Gasteiger partial charge in [0.2, 0.25) is 0 Å². The zero-order valence-corrected chi connectivity index (χ0v) is 49.7. The first-order valence-electron chi connectivity index (χ1n) is 30.6. The molecule has 0 saturated carbocycles. The van der Waals surface area contributed by atoms with E-state index < -0.39 is 26.5 Å². The maximum absolute atomic E-state index is 12.8. The predicted octanol–water partition coefficient (Wildman–Crippen LogP) is 18.6. The lowest BCUT2D eigenvalue weighted by molar-refractivity contribution is -0.870. The number of rotatable bonds is 56. The molecule has 0 radical (unpaired) electrons. The second-order valence-corrected chi connectivity index (χ2v) is 23.1. The first-order valence-corrected chi connectivity index (χ1v) is 32.1. The van der Waals surface area contributed by atoms with Crippen molar-refractivity contribution in [3.05, 3.63) is 72.9 Å².